The number of fused-ring (bicyclic) bond motifs is 8. The Hall–Kier alpha value is -3.06. The van der Waals surface area contributed by atoms with Crippen molar-refractivity contribution in [1.29, 1.82) is 0 Å². The Bertz CT molecular complexity index is 1160. The number of benzene rings is 4. The summed E-state index contributed by atoms with van der Waals surface area (Å²) in [4.78, 5) is 0. The lowest BCUT2D eigenvalue weighted by atomic mass is 9.85. The molecule has 0 N–H and O–H groups in total. The van der Waals surface area contributed by atoms with Crippen LogP contribution in [0.4, 0.5) is 0 Å². The molecular formula is C25H18O. The van der Waals surface area contributed by atoms with Gasteiger partial charge in [-0.1, -0.05) is 78.9 Å². The molecule has 0 saturated heterocycles. The Morgan fingerprint density at radius 2 is 1.46 bits per heavy atom. The van der Waals surface area contributed by atoms with E-state index < -0.39 is 0 Å². The molecular weight excluding hydrogens is 316 g/mol. The van der Waals surface area contributed by atoms with Gasteiger partial charge in [0.1, 0.15) is 5.75 Å². The summed E-state index contributed by atoms with van der Waals surface area (Å²) in [7, 11) is 0. The second-order valence-corrected chi connectivity index (χ2v) is 7.17. The fourth-order valence-electron chi connectivity index (χ4n) is 4.88. The van der Waals surface area contributed by atoms with Gasteiger partial charge in [0.15, 0.2) is 0 Å². The van der Waals surface area contributed by atoms with E-state index in [1.165, 1.54) is 44.2 Å². The van der Waals surface area contributed by atoms with E-state index in [9.17, 15) is 0 Å². The van der Waals surface area contributed by atoms with E-state index in [2.05, 4.69) is 78.9 Å². The summed E-state index contributed by atoms with van der Waals surface area (Å²) >= 11 is 0. The van der Waals surface area contributed by atoms with E-state index in [0.29, 0.717) is 0 Å². The van der Waals surface area contributed by atoms with Crippen LogP contribution in [0.15, 0.2) is 78.9 Å². The molecule has 0 spiro atoms. The third-order valence-electron chi connectivity index (χ3n) is 5.87. The standard InChI is InChI=1S/C25H18O/c1-2-8-16(9-3-1)22-17-10-4-5-11-18(17)23-21-14-15-26-25(21)20-13-7-6-12-19(20)24(22)23/h1-13,22H,14-15H2. The molecule has 1 heterocycles. The summed E-state index contributed by atoms with van der Waals surface area (Å²) < 4.78 is 6.09. The Kier molecular flexibility index (Phi) is 2.84. The topological polar surface area (TPSA) is 9.23 Å². The predicted molar refractivity (Wildman–Crippen MR) is 106 cm³/mol. The zero-order chi connectivity index (χ0) is 17.1. The minimum absolute atomic E-state index is 0.290. The highest BCUT2D eigenvalue weighted by molar-refractivity contribution is 6.03. The Morgan fingerprint density at radius 1 is 0.731 bits per heavy atom. The number of hydrogen-bond acceptors (Lipinski definition) is 1. The number of hydrogen-bond donors (Lipinski definition) is 0. The van der Waals surface area contributed by atoms with Gasteiger partial charge in [0.25, 0.3) is 0 Å². The predicted octanol–water partition coefficient (Wildman–Crippen LogP) is 5.94. The molecule has 1 aliphatic carbocycles. The molecule has 0 fully saturated rings. The third-order valence-corrected chi connectivity index (χ3v) is 5.87. The van der Waals surface area contributed by atoms with Gasteiger partial charge in [-0.25, -0.2) is 0 Å². The van der Waals surface area contributed by atoms with Crippen LogP contribution in [0.2, 0.25) is 0 Å². The van der Waals surface area contributed by atoms with Gasteiger partial charge in [-0.3, -0.25) is 0 Å². The minimum Gasteiger partial charge on any atom is -0.492 e. The van der Waals surface area contributed by atoms with E-state index in [-0.39, 0.29) is 5.92 Å². The Balaban J connectivity index is 1.80. The molecule has 0 saturated carbocycles. The third kappa shape index (κ3) is 1.75. The van der Waals surface area contributed by atoms with Crippen LogP contribution in [-0.2, 0) is 6.42 Å². The summed E-state index contributed by atoms with van der Waals surface area (Å²) in [6, 6.07) is 28.6. The summed E-state index contributed by atoms with van der Waals surface area (Å²) in [5.41, 5.74) is 8.42. The van der Waals surface area contributed by atoms with Crippen LogP contribution in [0.1, 0.15) is 28.2 Å². The fourth-order valence-corrected chi connectivity index (χ4v) is 4.88. The molecule has 4 aromatic rings. The maximum absolute atomic E-state index is 6.09. The SMILES string of the molecule is c1ccc(C2c3ccccc3-c3c4c(c5ccccc5c32)OCC4)cc1. The zero-order valence-corrected chi connectivity index (χ0v) is 14.4. The van der Waals surface area contributed by atoms with Gasteiger partial charge in [0.05, 0.1) is 6.61 Å². The highest BCUT2D eigenvalue weighted by Gasteiger charge is 2.36. The van der Waals surface area contributed by atoms with Crippen LogP contribution in [0.25, 0.3) is 21.9 Å². The van der Waals surface area contributed by atoms with Crippen LogP contribution < -0.4 is 4.74 Å². The number of ether oxygens (including phenoxy) is 1. The van der Waals surface area contributed by atoms with Crippen molar-refractivity contribution >= 4 is 10.8 Å². The zero-order valence-electron chi connectivity index (χ0n) is 14.4. The summed E-state index contributed by atoms with van der Waals surface area (Å²) in [5, 5.41) is 2.58. The van der Waals surface area contributed by atoms with Crippen LogP contribution in [0.3, 0.4) is 0 Å². The first-order chi connectivity index (χ1) is 12.9. The molecule has 1 atom stereocenters. The van der Waals surface area contributed by atoms with Gasteiger partial charge in [0, 0.05) is 23.3 Å². The van der Waals surface area contributed by atoms with E-state index in [1.54, 1.807) is 0 Å². The molecule has 1 nitrogen and oxygen atoms in total. The van der Waals surface area contributed by atoms with Gasteiger partial charge in [-0.05, 0) is 33.2 Å². The molecule has 6 rings (SSSR count). The second-order valence-electron chi connectivity index (χ2n) is 7.17. The van der Waals surface area contributed by atoms with Crippen LogP contribution in [-0.4, -0.2) is 6.61 Å². The Morgan fingerprint density at radius 3 is 2.35 bits per heavy atom. The van der Waals surface area contributed by atoms with Crippen LogP contribution in [0, 0.1) is 0 Å². The first-order valence-corrected chi connectivity index (χ1v) is 9.28. The highest BCUT2D eigenvalue weighted by atomic mass is 16.5. The molecule has 124 valence electrons. The molecule has 2 aliphatic rings. The van der Waals surface area contributed by atoms with E-state index in [4.69, 9.17) is 4.74 Å². The molecule has 0 amide bonds. The van der Waals surface area contributed by atoms with Crippen molar-refractivity contribution in [3.63, 3.8) is 0 Å². The van der Waals surface area contributed by atoms with Crippen LogP contribution in [0.5, 0.6) is 5.75 Å². The molecule has 0 aromatic heterocycles. The van der Waals surface area contributed by atoms with Crippen LogP contribution >= 0.6 is 0 Å². The van der Waals surface area contributed by atoms with E-state index in [0.717, 1.165) is 18.8 Å². The highest BCUT2D eigenvalue weighted by Crippen LogP contribution is 2.55. The van der Waals surface area contributed by atoms with E-state index >= 15 is 0 Å². The average molecular weight is 334 g/mol. The van der Waals surface area contributed by atoms with Crippen molar-refractivity contribution in [1.82, 2.24) is 0 Å². The molecule has 1 unspecified atom stereocenters. The van der Waals surface area contributed by atoms with Gasteiger partial charge < -0.3 is 4.74 Å². The first kappa shape index (κ1) is 14.1. The van der Waals surface area contributed by atoms with Crippen molar-refractivity contribution in [2.45, 2.75) is 12.3 Å². The fraction of sp³-hybridized carbons (Fsp3) is 0.120. The minimum atomic E-state index is 0.290. The van der Waals surface area contributed by atoms with Gasteiger partial charge in [0.2, 0.25) is 0 Å². The monoisotopic (exact) mass is 334 g/mol. The summed E-state index contributed by atoms with van der Waals surface area (Å²) in [6.07, 6.45) is 0.998. The molecule has 4 aromatic carbocycles. The molecule has 1 aliphatic heterocycles. The number of rotatable bonds is 1. The largest absolute Gasteiger partial charge is 0.492 e. The Labute approximate surface area is 152 Å². The lowest BCUT2D eigenvalue weighted by Gasteiger charge is -2.18. The molecule has 0 bridgehead atoms. The molecule has 0 radical (unpaired) electrons. The van der Waals surface area contributed by atoms with Gasteiger partial charge in [-0.2, -0.15) is 0 Å². The maximum Gasteiger partial charge on any atom is 0.131 e. The normalized spacial score (nSPS) is 16.8. The first-order valence-electron chi connectivity index (χ1n) is 9.28. The van der Waals surface area contributed by atoms with E-state index in [1.807, 2.05) is 0 Å². The quantitative estimate of drug-likeness (QED) is 0.369. The van der Waals surface area contributed by atoms with Crippen molar-refractivity contribution < 1.29 is 4.74 Å². The maximum atomic E-state index is 6.09. The lowest BCUT2D eigenvalue weighted by Crippen LogP contribution is -2.00. The van der Waals surface area contributed by atoms with Gasteiger partial charge >= 0.3 is 0 Å². The molecule has 1 heteroatoms. The summed E-state index contributed by atoms with van der Waals surface area (Å²) in [6.45, 7) is 0.786. The van der Waals surface area contributed by atoms with Crippen molar-refractivity contribution in [3.8, 4) is 16.9 Å². The molecule has 26 heavy (non-hydrogen) atoms. The summed E-state index contributed by atoms with van der Waals surface area (Å²) in [5.74, 6) is 1.39. The van der Waals surface area contributed by atoms with Crippen molar-refractivity contribution in [3.05, 3.63) is 101 Å². The average Bonchev–Trinajstić information content (AvgIpc) is 3.32. The smallest absolute Gasteiger partial charge is 0.131 e. The van der Waals surface area contributed by atoms with Crippen molar-refractivity contribution in [2.75, 3.05) is 6.61 Å². The second kappa shape index (κ2) is 5.22. The lowest BCUT2D eigenvalue weighted by molar-refractivity contribution is 0.360. The van der Waals surface area contributed by atoms with Crippen molar-refractivity contribution in [2.24, 2.45) is 0 Å². The van der Waals surface area contributed by atoms with Gasteiger partial charge in [-0.15, -0.1) is 0 Å².